The average molecular weight is 488 g/mol. The molecular formula is C18H24Br2N4O2. The van der Waals surface area contributed by atoms with E-state index in [1.54, 1.807) is 12.3 Å². The van der Waals surface area contributed by atoms with Crippen LogP contribution in [0.5, 0.6) is 0 Å². The number of carbonyl (C=O) groups excluding carboxylic acids is 1. The van der Waals surface area contributed by atoms with E-state index in [4.69, 9.17) is 10.9 Å². The first-order chi connectivity index (χ1) is 11.7. The largest absolute Gasteiger partial charge is 1.00 e. The number of nitrogens with two attached hydrogens (primary N) is 1. The predicted octanol–water partition coefficient (Wildman–Crippen LogP) is -4.56. The van der Waals surface area contributed by atoms with Crippen LogP contribution in [-0.2, 0) is 13.1 Å². The van der Waals surface area contributed by atoms with E-state index in [1.807, 2.05) is 41.4 Å². The summed E-state index contributed by atoms with van der Waals surface area (Å²) in [5.41, 5.74) is 6.71. The van der Waals surface area contributed by atoms with Crippen molar-refractivity contribution in [3.63, 3.8) is 0 Å². The lowest BCUT2D eigenvalue weighted by molar-refractivity contribution is -0.698. The molecule has 2 aromatic rings. The number of rotatable bonds is 9. The molecule has 1 amide bonds. The molecule has 0 fully saturated rings. The molecule has 142 valence electrons. The van der Waals surface area contributed by atoms with Gasteiger partial charge in [0, 0.05) is 36.6 Å². The summed E-state index contributed by atoms with van der Waals surface area (Å²) in [4.78, 5) is 11.1. The maximum atomic E-state index is 11.1. The first-order valence-electron chi connectivity index (χ1n) is 8.14. The van der Waals surface area contributed by atoms with Crippen LogP contribution in [0.1, 0.15) is 41.6 Å². The van der Waals surface area contributed by atoms with E-state index in [-0.39, 0.29) is 34.0 Å². The number of unbranched alkanes of at least 4 members (excludes halogenated alkanes) is 3. The monoisotopic (exact) mass is 486 g/mol. The highest BCUT2D eigenvalue weighted by Crippen LogP contribution is 2.01. The molecule has 0 atom stereocenters. The molecule has 0 saturated heterocycles. The van der Waals surface area contributed by atoms with Gasteiger partial charge in [0.1, 0.15) is 18.7 Å². The van der Waals surface area contributed by atoms with Crippen molar-refractivity contribution >= 4 is 12.1 Å². The van der Waals surface area contributed by atoms with Crippen LogP contribution in [0.4, 0.5) is 0 Å². The molecule has 0 saturated carbocycles. The summed E-state index contributed by atoms with van der Waals surface area (Å²) >= 11 is 0. The molecule has 0 aliphatic heterocycles. The van der Waals surface area contributed by atoms with Crippen LogP contribution in [0.25, 0.3) is 0 Å². The van der Waals surface area contributed by atoms with E-state index in [9.17, 15) is 4.79 Å². The Kier molecular flexibility index (Phi) is 12.5. The van der Waals surface area contributed by atoms with Crippen molar-refractivity contribution in [2.24, 2.45) is 10.9 Å². The topological polar surface area (TPSA) is 83.4 Å². The summed E-state index contributed by atoms with van der Waals surface area (Å²) in [6.45, 7) is 1.87. The summed E-state index contributed by atoms with van der Waals surface area (Å²) in [5.74, 6) is -0.391. The Hall–Kier alpha value is -1.80. The van der Waals surface area contributed by atoms with Gasteiger partial charge in [-0.2, -0.15) is 0 Å². The van der Waals surface area contributed by atoms with Gasteiger partial charge in [0.05, 0.1) is 6.21 Å². The molecule has 2 rings (SSSR count). The van der Waals surface area contributed by atoms with Gasteiger partial charge in [-0.3, -0.25) is 4.79 Å². The Morgan fingerprint density at radius 3 is 2.19 bits per heavy atom. The molecule has 0 spiro atoms. The highest BCUT2D eigenvalue weighted by molar-refractivity contribution is 5.92. The minimum Gasteiger partial charge on any atom is -1.00 e. The highest BCUT2D eigenvalue weighted by atomic mass is 79.9. The van der Waals surface area contributed by atoms with Crippen LogP contribution in [0.2, 0.25) is 0 Å². The van der Waals surface area contributed by atoms with Crippen LogP contribution < -0.4 is 48.8 Å². The molecule has 6 nitrogen and oxygen atoms in total. The summed E-state index contributed by atoms with van der Waals surface area (Å²) in [5, 5.41) is 11.5. The number of halogens is 2. The number of nitrogens with zero attached hydrogens (tertiary/aromatic N) is 3. The number of aromatic nitrogens is 2. The number of aryl methyl sites for hydroxylation is 2. The Balaban J connectivity index is 0.00000312. The number of hydrogen-bond acceptors (Lipinski definition) is 3. The van der Waals surface area contributed by atoms with Gasteiger partial charge in [0.2, 0.25) is 0 Å². The second kappa shape index (κ2) is 13.4. The minimum absolute atomic E-state index is 0. The van der Waals surface area contributed by atoms with Crippen LogP contribution in [0.3, 0.4) is 0 Å². The number of amides is 1. The summed E-state index contributed by atoms with van der Waals surface area (Å²) in [6, 6.07) is 7.42. The van der Waals surface area contributed by atoms with E-state index >= 15 is 0 Å². The Morgan fingerprint density at radius 1 is 1.00 bits per heavy atom. The Bertz CT molecular complexity index is 694. The lowest BCUT2D eigenvalue weighted by Crippen LogP contribution is -3.00. The van der Waals surface area contributed by atoms with Crippen molar-refractivity contribution in [3.05, 3.63) is 60.2 Å². The number of pyridine rings is 2. The normalized spacial score (nSPS) is 10.2. The molecule has 0 bridgehead atoms. The quantitative estimate of drug-likeness (QED) is 0.123. The predicted molar refractivity (Wildman–Crippen MR) is 89.6 cm³/mol. The Morgan fingerprint density at radius 2 is 1.62 bits per heavy atom. The van der Waals surface area contributed by atoms with E-state index in [2.05, 4.69) is 9.72 Å². The lowest BCUT2D eigenvalue weighted by atomic mass is 10.2. The zero-order valence-corrected chi connectivity index (χ0v) is 17.6. The molecule has 0 unspecified atom stereocenters. The highest BCUT2D eigenvalue weighted by Gasteiger charge is 2.07. The minimum atomic E-state index is -0.391. The molecular weight excluding hydrogens is 464 g/mol. The van der Waals surface area contributed by atoms with Crippen molar-refractivity contribution in [1.29, 1.82) is 0 Å². The second-order valence-corrected chi connectivity index (χ2v) is 5.72. The van der Waals surface area contributed by atoms with Crippen molar-refractivity contribution in [2.75, 3.05) is 0 Å². The van der Waals surface area contributed by atoms with Gasteiger partial charge < -0.3 is 44.9 Å². The zero-order valence-electron chi connectivity index (χ0n) is 14.5. The summed E-state index contributed by atoms with van der Waals surface area (Å²) < 4.78 is 4.13. The smallest absolute Gasteiger partial charge is 0.254 e. The molecule has 2 aromatic heterocycles. The standard InChI is InChI=1S/C18H22N4O2.2BrH/c19-18(23)17-6-5-11-22(15-17)10-4-2-1-3-9-21-12-7-16(8-13-21)14-20-24;;/h5-8,11-15H,1-4,9-10H2,(H-,19,23);2*1H. The molecule has 0 aromatic carbocycles. The van der Waals surface area contributed by atoms with Gasteiger partial charge in [0.25, 0.3) is 5.91 Å². The number of hydrogen-bond donors (Lipinski definition) is 2. The molecule has 2 heterocycles. The number of oxime groups is 1. The van der Waals surface area contributed by atoms with Gasteiger partial charge >= 0.3 is 0 Å². The third-order valence-corrected chi connectivity index (χ3v) is 3.85. The van der Waals surface area contributed by atoms with Crippen LogP contribution in [-0.4, -0.2) is 17.3 Å². The molecule has 0 aliphatic carbocycles. The SMILES string of the molecule is NC(=O)c1ccc[n+](CCCCCC[n+]2ccc(/C=N/O)cc2)c1.[Br-].[Br-]. The van der Waals surface area contributed by atoms with Crippen LogP contribution >= 0.6 is 0 Å². The van der Waals surface area contributed by atoms with Crippen molar-refractivity contribution < 1.29 is 53.1 Å². The number of carbonyl (C=O) groups is 1. The third kappa shape index (κ3) is 8.53. The van der Waals surface area contributed by atoms with Gasteiger partial charge in [-0.15, -0.1) is 0 Å². The molecule has 8 heteroatoms. The lowest BCUT2D eigenvalue weighted by Gasteiger charge is -2.00. The molecule has 0 radical (unpaired) electrons. The van der Waals surface area contributed by atoms with E-state index < -0.39 is 5.91 Å². The maximum absolute atomic E-state index is 11.1. The van der Waals surface area contributed by atoms with Crippen LogP contribution in [0, 0.1) is 0 Å². The fourth-order valence-electron chi connectivity index (χ4n) is 2.52. The van der Waals surface area contributed by atoms with E-state index in [1.165, 1.54) is 6.21 Å². The maximum Gasteiger partial charge on any atom is 0.254 e. The molecule has 0 aliphatic rings. The van der Waals surface area contributed by atoms with Gasteiger partial charge in [-0.1, -0.05) is 5.16 Å². The first-order valence-corrected chi connectivity index (χ1v) is 8.14. The fourth-order valence-corrected chi connectivity index (χ4v) is 2.52. The first kappa shape index (κ1) is 24.2. The second-order valence-electron chi connectivity index (χ2n) is 5.72. The van der Waals surface area contributed by atoms with Crippen molar-refractivity contribution in [3.8, 4) is 0 Å². The Labute approximate surface area is 174 Å². The molecule has 3 N–H and O–H groups in total. The van der Waals surface area contributed by atoms with Crippen LogP contribution in [0.15, 0.2) is 54.2 Å². The summed E-state index contributed by atoms with van der Waals surface area (Å²) in [6.07, 6.45) is 13.6. The van der Waals surface area contributed by atoms with E-state index in [0.717, 1.165) is 44.3 Å². The van der Waals surface area contributed by atoms with Gasteiger partial charge in [0.15, 0.2) is 24.8 Å². The van der Waals surface area contributed by atoms with Gasteiger partial charge in [-0.25, -0.2) is 9.13 Å². The number of primary amides is 1. The van der Waals surface area contributed by atoms with Crippen molar-refractivity contribution in [2.45, 2.75) is 38.8 Å². The summed E-state index contributed by atoms with van der Waals surface area (Å²) in [7, 11) is 0. The zero-order chi connectivity index (χ0) is 17.2. The molecule has 26 heavy (non-hydrogen) atoms. The van der Waals surface area contributed by atoms with Gasteiger partial charge in [-0.05, 0) is 18.9 Å². The van der Waals surface area contributed by atoms with E-state index in [0.29, 0.717) is 5.56 Å². The van der Waals surface area contributed by atoms with Crippen molar-refractivity contribution in [1.82, 2.24) is 0 Å². The third-order valence-electron chi connectivity index (χ3n) is 3.85. The average Bonchev–Trinajstić information content (AvgIpc) is 2.60. The fraction of sp³-hybridized carbons (Fsp3) is 0.333.